The molecule has 8 heteroatoms. The van der Waals surface area contributed by atoms with Crippen molar-refractivity contribution < 1.29 is 14.3 Å². The summed E-state index contributed by atoms with van der Waals surface area (Å²) in [7, 11) is 1.63. The largest absolute Gasteiger partial charge is 0.494 e. The third-order valence-electron chi connectivity index (χ3n) is 6.18. The number of para-hydroxylation sites is 1. The fourth-order valence-corrected chi connectivity index (χ4v) is 6.22. The Hall–Kier alpha value is -2.42. The maximum absolute atomic E-state index is 13.1. The fraction of sp³-hybridized carbons (Fsp3) is 0.375. The minimum atomic E-state index is 0.0376. The van der Waals surface area contributed by atoms with Crippen LogP contribution in [-0.4, -0.2) is 35.6 Å². The van der Waals surface area contributed by atoms with Crippen LogP contribution in [0.4, 0.5) is 5.69 Å². The number of aromatic nitrogens is 1. The van der Waals surface area contributed by atoms with Crippen LogP contribution in [0.2, 0.25) is 0 Å². The van der Waals surface area contributed by atoms with E-state index in [1.165, 1.54) is 11.3 Å². The van der Waals surface area contributed by atoms with Gasteiger partial charge in [-0.05, 0) is 55.5 Å². The van der Waals surface area contributed by atoms with Crippen molar-refractivity contribution >= 4 is 50.7 Å². The molecule has 3 aromatic rings. The average molecular weight is 468 g/mol. The van der Waals surface area contributed by atoms with Gasteiger partial charge in [0, 0.05) is 23.4 Å². The molecule has 1 aliphatic carbocycles. The monoisotopic (exact) mass is 467 g/mol. The molecular weight excluding hydrogens is 442 g/mol. The van der Waals surface area contributed by atoms with E-state index in [0.717, 1.165) is 58.6 Å². The van der Waals surface area contributed by atoms with Crippen molar-refractivity contribution in [1.82, 2.24) is 10.3 Å². The lowest BCUT2D eigenvalue weighted by atomic mass is 9.83. The molecule has 5 rings (SSSR count). The predicted molar refractivity (Wildman–Crippen MR) is 129 cm³/mol. The van der Waals surface area contributed by atoms with E-state index in [4.69, 9.17) is 4.74 Å². The van der Waals surface area contributed by atoms with E-state index in [1.807, 2.05) is 18.2 Å². The second-order valence-electron chi connectivity index (χ2n) is 8.29. The van der Waals surface area contributed by atoms with Crippen molar-refractivity contribution in [3.8, 4) is 5.75 Å². The first-order valence-corrected chi connectivity index (χ1v) is 12.7. The van der Waals surface area contributed by atoms with Crippen LogP contribution in [-0.2, 0) is 11.3 Å². The quantitative estimate of drug-likeness (QED) is 0.503. The summed E-state index contributed by atoms with van der Waals surface area (Å²) in [6, 6.07) is 12.4. The number of methoxy groups -OCH3 is 1. The number of nitrogens with one attached hydrogen (secondary N) is 2. The van der Waals surface area contributed by atoms with E-state index in [2.05, 4.69) is 33.8 Å². The highest BCUT2D eigenvalue weighted by Crippen LogP contribution is 2.34. The van der Waals surface area contributed by atoms with Crippen LogP contribution in [0.15, 0.2) is 41.3 Å². The van der Waals surface area contributed by atoms with Gasteiger partial charge in [-0.1, -0.05) is 12.1 Å². The Morgan fingerprint density at radius 1 is 1.22 bits per heavy atom. The van der Waals surface area contributed by atoms with Crippen LogP contribution in [0.5, 0.6) is 5.75 Å². The highest BCUT2D eigenvalue weighted by Gasteiger charge is 2.29. The molecule has 32 heavy (non-hydrogen) atoms. The molecule has 0 atom stereocenters. The van der Waals surface area contributed by atoms with Gasteiger partial charge in [-0.15, -0.1) is 23.1 Å². The zero-order valence-electron chi connectivity index (χ0n) is 17.8. The number of Topliss-reactive ketones (excluding diaryl/α,β-unsaturated/α-hetero) is 1. The molecule has 6 nitrogen and oxygen atoms in total. The molecule has 166 valence electrons. The minimum Gasteiger partial charge on any atom is -0.494 e. The van der Waals surface area contributed by atoms with Crippen LogP contribution in [0.25, 0.3) is 10.2 Å². The van der Waals surface area contributed by atoms with Crippen molar-refractivity contribution in [1.29, 1.82) is 0 Å². The molecule has 0 unspecified atom stereocenters. The number of fused-ring (bicyclic) bond motifs is 2. The number of carbonyl (C=O) groups is 2. The molecule has 2 aliphatic rings. The molecule has 2 heterocycles. The second kappa shape index (κ2) is 9.21. The minimum absolute atomic E-state index is 0.0376. The Morgan fingerprint density at radius 3 is 2.88 bits per heavy atom. The Labute approximate surface area is 195 Å². The van der Waals surface area contributed by atoms with Gasteiger partial charge in [-0.2, -0.15) is 0 Å². The lowest BCUT2D eigenvalue weighted by Crippen LogP contribution is -2.34. The molecule has 1 fully saturated rings. The van der Waals surface area contributed by atoms with E-state index in [0.29, 0.717) is 22.6 Å². The summed E-state index contributed by atoms with van der Waals surface area (Å²) < 4.78 is 6.37. The third kappa shape index (κ3) is 4.40. The molecule has 1 aromatic heterocycles. The van der Waals surface area contributed by atoms with E-state index in [-0.39, 0.29) is 17.6 Å². The van der Waals surface area contributed by atoms with Gasteiger partial charge < -0.3 is 15.4 Å². The van der Waals surface area contributed by atoms with Gasteiger partial charge in [-0.3, -0.25) is 9.59 Å². The van der Waals surface area contributed by atoms with Gasteiger partial charge in [0.25, 0.3) is 0 Å². The molecule has 1 saturated carbocycles. The van der Waals surface area contributed by atoms with Crippen molar-refractivity contribution in [2.24, 2.45) is 5.92 Å². The molecule has 0 bridgehead atoms. The standard InChI is InChI=1S/C24H25N3O3S2/c1-30-18-3-2-4-20-22(18)27-24(32-20)23(29)15-6-8-16(9-7-15)25-12-14-5-10-19-17(11-14)26-21(28)13-31-19/h2-5,10-11,15-16,25H,6-9,12-13H2,1H3,(H,26,28). The highest BCUT2D eigenvalue weighted by atomic mass is 32.2. The third-order valence-corrected chi connectivity index (χ3v) is 8.29. The number of anilines is 1. The molecule has 0 spiro atoms. The predicted octanol–water partition coefficient (Wildman–Crippen LogP) is 4.88. The van der Waals surface area contributed by atoms with Gasteiger partial charge in [0.15, 0.2) is 10.8 Å². The van der Waals surface area contributed by atoms with Crippen molar-refractivity contribution in [2.45, 2.75) is 43.2 Å². The van der Waals surface area contributed by atoms with Crippen LogP contribution in [0.1, 0.15) is 41.0 Å². The van der Waals surface area contributed by atoms with Crippen LogP contribution < -0.4 is 15.4 Å². The zero-order chi connectivity index (χ0) is 22.1. The summed E-state index contributed by atoms with van der Waals surface area (Å²) >= 11 is 3.04. The number of ether oxygens (including phenoxy) is 1. The van der Waals surface area contributed by atoms with Gasteiger partial charge >= 0.3 is 0 Å². The van der Waals surface area contributed by atoms with Crippen LogP contribution in [0.3, 0.4) is 0 Å². The van der Waals surface area contributed by atoms with Crippen molar-refractivity contribution in [2.75, 3.05) is 18.2 Å². The summed E-state index contributed by atoms with van der Waals surface area (Å²) in [5, 5.41) is 7.17. The summed E-state index contributed by atoms with van der Waals surface area (Å²) in [5.41, 5.74) is 2.85. The number of thiazole rings is 1. The maximum atomic E-state index is 13.1. The molecule has 0 saturated heterocycles. The molecule has 0 radical (unpaired) electrons. The lowest BCUT2D eigenvalue weighted by molar-refractivity contribution is -0.113. The first-order chi connectivity index (χ1) is 15.6. The van der Waals surface area contributed by atoms with E-state index in [9.17, 15) is 9.59 Å². The Bertz CT molecular complexity index is 1170. The van der Waals surface area contributed by atoms with Gasteiger partial charge in [0.05, 0.1) is 23.2 Å². The normalized spacial score (nSPS) is 20.6. The number of amides is 1. The van der Waals surface area contributed by atoms with Gasteiger partial charge in [0.1, 0.15) is 11.3 Å². The lowest BCUT2D eigenvalue weighted by Gasteiger charge is -2.28. The van der Waals surface area contributed by atoms with E-state index < -0.39 is 0 Å². The number of ketones is 1. The van der Waals surface area contributed by atoms with Gasteiger partial charge in [-0.25, -0.2) is 4.98 Å². The molecule has 1 aliphatic heterocycles. The second-order valence-corrected chi connectivity index (χ2v) is 10.3. The Kier molecular flexibility index (Phi) is 6.17. The zero-order valence-corrected chi connectivity index (χ0v) is 19.5. The Morgan fingerprint density at radius 2 is 2.06 bits per heavy atom. The van der Waals surface area contributed by atoms with Crippen molar-refractivity contribution in [3.05, 3.63) is 47.0 Å². The summed E-state index contributed by atoms with van der Waals surface area (Å²) in [4.78, 5) is 30.4. The summed E-state index contributed by atoms with van der Waals surface area (Å²) in [5.74, 6) is 1.45. The number of benzene rings is 2. The van der Waals surface area contributed by atoms with Crippen molar-refractivity contribution in [3.63, 3.8) is 0 Å². The van der Waals surface area contributed by atoms with Crippen LogP contribution in [0, 0.1) is 5.92 Å². The number of rotatable bonds is 6. The maximum Gasteiger partial charge on any atom is 0.234 e. The number of thioether (sulfide) groups is 1. The average Bonchev–Trinajstić information content (AvgIpc) is 3.27. The number of carbonyl (C=O) groups excluding carboxylic acids is 2. The molecule has 2 N–H and O–H groups in total. The SMILES string of the molecule is COc1cccc2sc(C(=O)C3CCC(NCc4ccc5c(c4)NC(=O)CS5)CC3)nc12. The number of hydrogen-bond donors (Lipinski definition) is 2. The van der Waals surface area contributed by atoms with E-state index >= 15 is 0 Å². The number of nitrogens with zero attached hydrogens (tertiary/aromatic N) is 1. The first kappa shape index (κ1) is 21.4. The van der Waals surface area contributed by atoms with Crippen LogP contribution >= 0.6 is 23.1 Å². The Balaban J connectivity index is 1.16. The fourth-order valence-electron chi connectivity index (χ4n) is 4.43. The smallest absolute Gasteiger partial charge is 0.234 e. The first-order valence-electron chi connectivity index (χ1n) is 10.9. The molecular formula is C24H25N3O3S2. The molecule has 1 amide bonds. The summed E-state index contributed by atoms with van der Waals surface area (Å²) in [6.45, 7) is 0.759. The van der Waals surface area contributed by atoms with Gasteiger partial charge in [0.2, 0.25) is 5.91 Å². The summed E-state index contributed by atoms with van der Waals surface area (Å²) in [6.07, 6.45) is 3.70. The molecule has 2 aromatic carbocycles. The highest BCUT2D eigenvalue weighted by molar-refractivity contribution is 8.00. The topological polar surface area (TPSA) is 80.3 Å². The van der Waals surface area contributed by atoms with E-state index in [1.54, 1.807) is 18.9 Å². The number of hydrogen-bond acceptors (Lipinski definition) is 7.